The molecule has 0 saturated carbocycles. The molecule has 0 heterocycles. The lowest BCUT2D eigenvalue weighted by Gasteiger charge is -2.06. The van der Waals surface area contributed by atoms with Gasteiger partial charge in [0, 0.05) is 0 Å². The van der Waals surface area contributed by atoms with Crippen LogP contribution in [-0.4, -0.2) is 12.2 Å². The fourth-order valence-electron chi connectivity index (χ4n) is 0.972. The third kappa shape index (κ3) is 5.21. The van der Waals surface area contributed by atoms with E-state index in [1.807, 2.05) is 0 Å². The molecule has 0 bridgehead atoms. The molecule has 0 atom stereocenters. The van der Waals surface area contributed by atoms with Crippen LogP contribution < -0.4 is 11.2 Å². The molecule has 0 aliphatic carbocycles. The molecule has 0 aliphatic heterocycles. The quantitative estimate of drug-likeness (QED) is 0.435. The van der Waals surface area contributed by atoms with E-state index in [0.717, 1.165) is 18.3 Å². The topological polar surface area (TPSA) is 74.3 Å². The third-order valence-electron chi connectivity index (χ3n) is 1.61. The summed E-state index contributed by atoms with van der Waals surface area (Å²) in [5, 5.41) is 10.2. The summed E-state index contributed by atoms with van der Waals surface area (Å²) in [6.45, 7) is 0. The molecule has 0 aromatic heterocycles. The van der Waals surface area contributed by atoms with Crippen LogP contribution in [0, 0.1) is 5.41 Å². The van der Waals surface area contributed by atoms with Gasteiger partial charge in [-0.2, -0.15) is 18.3 Å². The van der Waals surface area contributed by atoms with Crippen molar-refractivity contribution in [3.63, 3.8) is 0 Å². The van der Waals surface area contributed by atoms with Crippen molar-refractivity contribution in [2.45, 2.75) is 6.18 Å². The van der Waals surface area contributed by atoms with Crippen LogP contribution >= 0.6 is 12.4 Å². The Labute approximate surface area is 102 Å². The molecule has 94 valence electrons. The number of nitrogens with zero attached hydrogens (tertiary/aromatic N) is 1. The number of nitrogens with one attached hydrogen (secondary N) is 2. The maximum atomic E-state index is 12.3. The molecule has 8 heteroatoms. The molecule has 0 spiro atoms. The molecule has 1 aromatic carbocycles. The normalized spacial score (nSPS) is 11.0. The lowest BCUT2D eigenvalue weighted by atomic mass is 10.1. The summed E-state index contributed by atoms with van der Waals surface area (Å²) >= 11 is 0. The first kappa shape index (κ1) is 15.2. The minimum atomic E-state index is -4.38. The molecule has 0 aliphatic rings. The van der Waals surface area contributed by atoms with E-state index in [4.69, 9.17) is 11.1 Å². The van der Waals surface area contributed by atoms with E-state index in [9.17, 15) is 13.2 Å². The Morgan fingerprint density at radius 3 is 2.59 bits per heavy atom. The largest absolute Gasteiger partial charge is 0.416 e. The molecular weight excluding hydrogens is 257 g/mol. The highest BCUT2D eigenvalue weighted by molar-refractivity contribution is 5.85. The summed E-state index contributed by atoms with van der Waals surface area (Å²) < 4.78 is 36.9. The SMILES string of the molecule is Cl.N=C(N)NN=Cc1cccc(C(F)(F)F)c1. The lowest BCUT2D eigenvalue weighted by Crippen LogP contribution is -2.25. The van der Waals surface area contributed by atoms with E-state index in [0.29, 0.717) is 0 Å². The standard InChI is InChI=1S/C9H9F3N4.ClH/c10-9(11,12)7-3-1-2-6(4-7)5-15-16-8(13)14;/h1-5H,(H4,13,14,16);1H. The predicted molar refractivity (Wildman–Crippen MR) is 61.3 cm³/mol. The van der Waals surface area contributed by atoms with Crippen LogP contribution in [0.2, 0.25) is 0 Å². The minimum Gasteiger partial charge on any atom is -0.369 e. The molecule has 4 nitrogen and oxygen atoms in total. The van der Waals surface area contributed by atoms with Crippen molar-refractivity contribution in [1.82, 2.24) is 5.43 Å². The first-order valence-electron chi connectivity index (χ1n) is 4.20. The molecule has 1 aromatic rings. The van der Waals surface area contributed by atoms with Gasteiger partial charge in [0.05, 0.1) is 11.8 Å². The van der Waals surface area contributed by atoms with Crippen molar-refractivity contribution in [3.8, 4) is 0 Å². The van der Waals surface area contributed by atoms with Crippen molar-refractivity contribution >= 4 is 24.6 Å². The second kappa shape index (κ2) is 6.09. The third-order valence-corrected chi connectivity index (χ3v) is 1.61. The minimum absolute atomic E-state index is 0. The van der Waals surface area contributed by atoms with Crippen LogP contribution in [0.5, 0.6) is 0 Å². The zero-order valence-corrected chi connectivity index (χ0v) is 9.27. The average molecular weight is 267 g/mol. The Bertz CT molecular complexity index is 417. The van der Waals surface area contributed by atoms with Crippen LogP contribution in [0.4, 0.5) is 13.2 Å². The van der Waals surface area contributed by atoms with E-state index >= 15 is 0 Å². The van der Waals surface area contributed by atoms with Crippen LogP contribution in [0.1, 0.15) is 11.1 Å². The number of hydrogen-bond donors (Lipinski definition) is 3. The highest BCUT2D eigenvalue weighted by Crippen LogP contribution is 2.29. The first-order valence-corrected chi connectivity index (χ1v) is 4.20. The fourth-order valence-corrected chi connectivity index (χ4v) is 0.972. The van der Waals surface area contributed by atoms with E-state index in [2.05, 4.69) is 10.5 Å². The van der Waals surface area contributed by atoms with Gasteiger partial charge in [-0.25, -0.2) is 5.43 Å². The smallest absolute Gasteiger partial charge is 0.369 e. The van der Waals surface area contributed by atoms with Crippen LogP contribution in [-0.2, 0) is 6.18 Å². The van der Waals surface area contributed by atoms with E-state index < -0.39 is 11.7 Å². The summed E-state index contributed by atoms with van der Waals surface area (Å²) in [5.74, 6) is -0.386. The zero-order chi connectivity index (χ0) is 12.2. The van der Waals surface area contributed by atoms with Gasteiger partial charge in [-0.1, -0.05) is 12.1 Å². The Hall–Kier alpha value is -1.76. The monoisotopic (exact) mass is 266 g/mol. The van der Waals surface area contributed by atoms with Gasteiger partial charge in [0.2, 0.25) is 5.96 Å². The van der Waals surface area contributed by atoms with Crippen LogP contribution in [0.25, 0.3) is 0 Å². The van der Waals surface area contributed by atoms with Crippen molar-refractivity contribution in [3.05, 3.63) is 35.4 Å². The summed E-state index contributed by atoms with van der Waals surface area (Å²) in [7, 11) is 0. The lowest BCUT2D eigenvalue weighted by molar-refractivity contribution is -0.137. The number of rotatable bonds is 2. The Balaban J connectivity index is 0.00000256. The maximum absolute atomic E-state index is 12.3. The van der Waals surface area contributed by atoms with Crippen molar-refractivity contribution < 1.29 is 13.2 Å². The van der Waals surface area contributed by atoms with Crippen molar-refractivity contribution in [2.24, 2.45) is 10.8 Å². The van der Waals surface area contributed by atoms with E-state index in [1.54, 1.807) is 0 Å². The number of guanidine groups is 1. The fraction of sp³-hybridized carbons (Fsp3) is 0.111. The Morgan fingerprint density at radius 2 is 2.06 bits per heavy atom. The molecule has 4 N–H and O–H groups in total. The van der Waals surface area contributed by atoms with Gasteiger partial charge >= 0.3 is 6.18 Å². The van der Waals surface area contributed by atoms with Gasteiger partial charge in [-0.05, 0) is 17.7 Å². The van der Waals surface area contributed by atoms with Gasteiger partial charge in [-0.3, -0.25) is 5.41 Å². The molecule has 0 saturated heterocycles. The van der Waals surface area contributed by atoms with Gasteiger partial charge < -0.3 is 5.73 Å². The number of nitrogens with two attached hydrogens (primary N) is 1. The molecule has 1 rings (SSSR count). The summed E-state index contributed by atoms with van der Waals surface area (Å²) in [5.41, 5.74) is 6.55. The summed E-state index contributed by atoms with van der Waals surface area (Å²) in [4.78, 5) is 0. The number of hydrogen-bond acceptors (Lipinski definition) is 2. The molecular formula is C9H10ClF3N4. The highest BCUT2D eigenvalue weighted by atomic mass is 35.5. The summed E-state index contributed by atoms with van der Waals surface area (Å²) in [6, 6.07) is 4.65. The van der Waals surface area contributed by atoms with Crippen molar-refractivity contribution in [1.29, 1.82) is 5.41 Å². The first-order chi connectivity index (χ1) is 7.39. The van der Waals surface area contributed by atoms with Gasteiger partial charge in [-0.15, -0.1) is 12.4 Å². The number of halogens is 4. The van der Waals surface area contributed by atoms with Gasteiger partial charge in [0.15, 0.2) is 0 Å². The molecule has 0 amide bonds. The van der Waals surface area contributed by atoms with Crippen LogP contribution in [0.3, 0.4) is 0 Å². The summed E-state index contributed by atoms with van der Waals surface area (Å²) in [6.07, 6.45) is -3.23. The Kier molecular flexibility index (Phi) is 5.46. The molecule has 17 heavy (non-hydrogen) atoms. The van der Waals surface area contributed by atoms with Gasteiger partial charge in [0.1, 0.15) is 0 Å². The van der Waals surface area contributed by atoms with Crippen molar-refractivity contribution in [2.75, 3.05) is 0 Å². The number of hydrazone groups is 1. The molecule has 0 unspecified atom stereocenters. The molecule has 0 radical (unpaired) electrons. The predicted octanol–water partition coefficient (Wildman–Crippen LogP) is 1.94. The van der Waals surface area contributed by atoms with E-state index in [-0.39, 0.29) is 23.9 Å². The van der Waals surface area contributed by atoms with E-state index in [1.165, 1.54) is 12.1 Å². The molecule has 0 fully saturated rings. The number of alkyl halides is 3. The van der Waals surface area contributed by atoms with Gasteiger partial charge in [0.25, 0.3) is 0 Å². The Morgan fingerprint density at radius 1 is 1.41 bits per heavy atom. The zero-order valence-electron chi connectivity index (χ0n) is 8.45. The number of benzene rings is 1. The maximum Gasteiger partial charge on any atom is 0.416 e. The van der Waals surface area contributed by atoms with Crippen LogP contribution in [0.15, 0.2) is 29.4 Å². The average Bonchev–Trinajstić information content (AvgIpc) is 2.16. The highest BCUT2D eigenvalue weighted by Gasteiger charge is 2.30. The second-order valence-electron chi connectivity index (χ2n) is 2.91. The second-order valence-corrected chi connectivity index (χ2v) is 2.91.